The van der Waals surface area contributed by atoms with E-state index < -0.39 is 0 Å². The molecule has 2 aliphatic rings. The number of anilines is 1. The Kier molecular flexibility index (Phi) is 9.58. The molecular formula is C22H36IN5. The number of hydrogen-bond acceptors (Lipinski definition) is 3. The summed E-state index contributed by atoms with van der Waals surface area (Å²) in [4.78, 5) is 11.8. The van der Waals surface area contributed by atoms with Gasteiger partial charge in [-0.25, -0.2) is 0 Å². The van der Waals surface area contributed by atoms with Gasteiger partial charge in [0, 0.05) is 52.0 Å². The van der Waals surface area contributed by atoms with Crippen molar-refractivity contribution in [1.82, 2.24) is 15.1 Å². The molecule has 1 saturated heterocycles. The molecule has 156 valence electrons. The number of rotatable bonds is 7. The molecule has 28 heavy (non-hydrogen) atoms. The van der Waals surface area contributed by atoms with E-state index in [0.717, 1.165) is 57.7 Å². The number of nitrogens with one attached hydrogen (secondary N) is 1. The molecule has 1 N–H and O–H groups in total. The van der Waals surface area contributed by atoms with Gasteiger partial charge in [0.25, 0.3) is 0 Å². The highest BCUT2D eigenvalue weighted by molar-refractivity contribution is 14.0. The molecule has 0 radical (unpaired) electrons. The Morgan fingerprint density at radius 2 is 1.82 bits per heavy atom. The van der Waals surface area contributed by atoms with Gasteiger partial charge < -0.3 is 20.0 Å². The van der Waals surface area contributed by atoms with Crippen LogP contribution in [0.25, 0.3) is 0 Å². The second-order valence-corrected chi connectivity index (χ2v) is 7.53. The number of likely N-dealkylation sites (tertiary alicyclic amines) is 1. The Bertz CT molecular complexity index is 631. The monoisotopic (exact) mass is 497 g/mol. The molecule has 1 atom stereocenters. The summed E-state index contributed by atoms with van der Waals surface area (Å²) >= 11 is 0. The number of benzene rings is 1. The highest BCUT2D eigenvalue weighted by atomic mass is 127. The fourth-order valence-electron chi connectivity index (χ4n) is 4.05. The molecule has 1 aromatic carbocycles. The summed E-state index contributed by atoms with van der Waals surface area (Å²) in [5, 5.41) is 3.55. The predicted octanol–water partition coefficient (Wildman–Crippen LogP) is 3.42. The van der Waals surface area contributed by atoms with Crippen molar-refractivity contribution in [1.29, 1.82) is 0 Å². The first-order chi connectivity index (χ1) is 13.2. The molecule has 0 aliphatic carbocycles. The highest BCUT2D eigenvalue weighted by Crippen LogP contribution is 2.19. The number of halogens is 1. The van der Waals surface area contributed by atoms with Gasteiger partial charge in [0.1, 0.15) is 0 Å². The quantitative estimate of drug-likeness (QED) is 0.271. The Hall–Kier alpha value is -1.28. The highest BCUT2D eigenvalue weighted by Gasteiger charge is 2.25. The van der Waals surface area contributed by atoms with E-state index in [9.17, 15) is 0 Å². The van der Waals surface area contributed by atoms with E-state index in [0.29, 0.717) is 0 Å². The molecule has 0 aromatic heterocycles. The first kappa shape index (κ1) is 23.0. The fraction of sp³-hybridized carbons (Fsp3) is 0.591. The Morgan fingerprint density at radius 3 is 2.43 bits per heavy atom. The SMILES string of the molecule is CCN(CC)CC1CCN(C(=NC)NCc2ccc(N3CC=CC3)cc2)C1.I. The minimum absolute atomic E-state index is 0. The number of nitrogens with zero attached hydrogens (tertiary/aromatic N) is 4. The maximum atomic E-state index is 4.52. The first-order valence-corrected chi connectivity index (χ1v) is 10.4. The van der Waals surface area contributed by atoms with Crippen molar-refractivity contribution >= 4 is 35.6 Å². The van der Waals surface area contributed by atoms with Crippen LogP contribution in [0.15, 0.2) is 41.4 Å². The van der Waals surface area contributed by atoms with E-state index in [1.54, 1.807) is 0 Å². The number of aliphatic imine (C=N–C) groups is 1. The van der Waals surface area contributed by atoms with Gasteiger partial charge in [0.05, 0.1) is 0 Å². The van der Waals surface area contributed by atoms with Crippen LogP contribution in [0.4, 0.5) is 5.69 Å². The van der Waals surface area contributed by atoms with Crippen molar-refractivity contribution in [3.63, 3.8) is 0 Å². The summed E-state index contributed by atoms with van der Waals surface area (Å²) in [5.74, 6) is 1.78. The van der Waals surface area contributed by atoms with Crippen LogP contribution >= 0.6 is 24.0 Å². The van der Waals surface area contributed by atoms with Crippen molar-refractivity contribution < 1.29 is 0 Å². The van der Waals surface area contributed by atoms with Crippen LogP contribution in [-0.4, -0.2) is 68.6 Å². The fourth-order valence-corrected chi connectivity index (χ4v) is 4.05. The van der Waals surface area contributed by atoms with Gasteiger partial charge in [-0.15, -0.1) is 24.0 Å². The lowest BCUT2D eigenvalue weighted by molar-refractivity contribution is 0.255. The third-order valence-corrected chi connectivity index (χ3v) is 5.78. The third-order valence-electron chi connectivity index (χ3n) is 5.78. The molecule has 0 saturated carbocycles. The van der Waals surface area contributed by atoms with Crippen molar-refractivity contribution in [3.05, 3.63) is 42.0 Å². The maximum absolute atomic E-state index is 4.52. The van der Waals surface area contributed by atoms with Crippen LogP contribution in [0, 0.1) is 5.92 Å². The topological polar surface area (TPSA) is 34.1 Å². The first-order valence-electron chi connectivity index (χ1n) is 10.4. The van der Waals surface area contributed by atoms with Crippen molar-refractivity contribution in [2.75, 3.05) is 57.8 Å². The van der Waals surface area contributed by atoms with E-state index >= 15 is 0 Å². The summed E-state index contributed by atoms with van der Waals surface area (Å²) in [7, 11) is 1.89. The van der Waals surface area contributed by atoms with Crippen LogP contribution < -0.4 is 10.2 Å². The lowest BCUT2D eigenvalue weighted by Crippen LogP contribution is -2.40. The van der Waals surface area contributed by atoms with Crippen molar-refractivity contribution in [3.8, 4) is 0 Å². The lowest BCUT2D eigenvalue weighted by atomic mass is 10.1. The predicted molar refractivity (Wildman–Crippen MR) is 131 cm³/mol. The van der Waals surface area contributed by atoms with Crippen LogP contribution in [-0.2, 0) is 6.54 Å². The zero-order valence-electron chi connectivity index (χ0n) is 17.6. The molecule has 5 nitrogen and oxygen atoms in total. The average Bonchev–Trinajstić information content (AvgIpc) is 3.39. The summed E-state index contributed by atoms with van der Waals surface area (Å²) in [6.45, 7) is 13.1. The molecule has 3 rings (SSSR count). The van der Waals surface area contributed by atoms with Crippen LogP contribution in [0.2, 0.25) is 0 Å². The van der Waals surface area contributed by atoms with Crippen molar-refractivity contribution in [2.24, 2.45) is 10.9 Å². The van der Waals surface area contributed by atoms with Crippen LogP contribution in [0.5, 0.6) is 0 Å². The normalized spacial score (nSPS) is 19.4. The Labute approximate surface area is 187 Å². The Balaban J connectivity index is 0.00000280. The number of hydrogen-bond donors (Lipinski definition) is 1. The molecule has 2 heterocycles. The molecule has 0 bridgehead atoms. The zero-order valence-corrected chi connectivity index (χ0v) is 19.9. The molecule has 1 aromatic rings. The molecule has 0 amide bonds. The molecular weight excluding hydrogens is 461 g/mol. The van der Waals surface area contributed by atoms with E-state index in [1.165, 1.54) is 24.2 Å². The van der Waals surface area contributed by atoms with Gasteiger partial charge in [-0.2, -0.15) is 0 Å². The van der Waals surface area contributed by atoms with Gasteiger partial charge >= 0.3 is 0 Å². The van der Waals surface area contributed by atoms with Gasteiger partial charge in [-0.05, 0) is 43.1 Å². The average molecular weight is 497 g/mol. The van der Waals surface area contributed by atoms with Crippen LogP contribution in [0.3, 0.4) is 0 Å². The van der Waals surface area contributed by atoms with E-state index in [1.807, 2.05) is 7.05 Å². The third kappa shape index (κ3) is 6.11. The smallest absolute Gasteiger partial charge is 0.193 e. The van der Waals surface area contributed by atoms with Crippen LogP contribution in [0.1, 0.15) is 25.8 Å². The molecule has 1 unspecified atom stereocenters. The molecule has 2 aliphatic heterocycles. The van der Waals surface area contributed by atoms with Gasteiger partial charge in [0.2, 0.25) is 0 Å². The lowest BCUT2D eigenvalue weighted by Gasteiger charge is -2.24. The zero-order chi connectivity index (χ0) is 19.1. The molecule has 0 spiro atoms. The second kappa shape index (κ2) is 11.7. The summed E-state index contributed by atoms with van der Waals surface area (Å²) < 4.78 is 0. The second-order valence-electron chi connectivity index (χ2n) is 7.53. The number of guanidine groups is 1. The standard InChI is InChI=1S/C22H35N5.HI/c1-4-25(5-2)17-20-12-15-27(18-20)22(23-3)24-16-19-8-10-21(11-9-19)26-13-6-7-14-26;/h6-11,20H,4-5,12-18H2,1-3H3,(H,23,24);1H. The summed E-state index contributed by atoms with van der Waals surface area (Å²) in [5.41, 5.74) is 2.60. The van der Waals surface area contributed by atoms with E-state index in [2.05, 4.69) is 75.3 Å². The van der Waals surface area contributed by atoms with Gasteiger partial charge in [-0.3, -0.25) is 4.99 Å². The van der Waals surface area contributed by atoms with E-state index in [4.69, 9.17) is 0 Å². The minimum atomic E-state index is 0. The Morgan fingerprint density at radius 1 is 1.14 bits per heavy atom. The van der Waals surface area contributed by atoms with Gasteiger partial charge in [0.15, 0.2) is 5.96 Å². The largest absolute Gasteiger partial charge is 0.364 e. The van der Waals surface area contributed by atoms with Crippen molar-refractivity contribution in [2.45, 2.75) is 26.8 Å². The summed E-state index contributed by atoms with van der Waals surface area (Å²) in [6, 6.07) is 8.90. The molecule has 1 fully saturated rings. The molecule has 6 heteroatoms. The summed E-state index contributed by atoms with van der Waals surface area (Å²) in [6.07, 6.45) is 5.71. The maximum Gasteiger partial charge on any atom is 0.193 e. The van der Waals surface area contributed by atoms with Gasteiger partial charge in [-0.1, -0.05) is 38.1 Å². The minimum Gasteiger partial charge on any atom is -0.364 e. The van der Waals surface area contributed by atoms with E-state index in [-0.39, 0.29) is 24.0 Å².